The summed E-state index contributed by atoms with van der Waals surface area (Å²) < 4.78 is 82.1. The number of benzene rings is 2. The molecule has 200 valence electrons. The van der Waals surface area contributed by atoms with Crippen LogP contribution in [0.1, 0.15) is 54.5 Å². The zero-order valence-corrected chi connectivity index (χ0v) is 20.6. The second kappa shape index (κ2) is 12.8. The number of hydrogen-bond donors (Lipinski definition) is 0. The molecule has 0 bridgehead atoms. The van der Waals surface area contributed by atoms with Crippen LogP contribution in [0.3, 0.4) is 0 Å². The van der Waals surface area contributed by atoms with E-state index in [-0.39, 0.29) is 24.3 Å². The van der Waals surface area contributed by atoms with Crippen LogP contribution in [0.25, 0.3) is 0 Å². The summed E-state index contributed by atoms with van der Waals surface area (Å²) in [5, 5.41) is 0. The van der Waals surface area contributed by atoms with E-state index >= 15 is 0 Å². The lowest BCUT2D eigenvalue weighted by atomic mass is 9.84. The van der Waals surface area contributed by atoms with E-state index in [0.29, 0.717) is 37.1 Å². The van der Waals surface area contributed by atoms with E-state index < -0.39 is 23.5 Å². The topological polar surface area (TPSA) is 29.5 Å². The number of terminal acetylenes is 1. The molecule has 2 aromatic rings. The van der Waals surface area contributed by atoms with Gasteiger partial charge in [-0.05, 0) is 73.2 Å². The maximum Gasteiger partial charge on any atom is 0.416 e. The van der Waals surface area contributed by atoms with Gasteiger partial charge in [-0.25, -0.2) is 0 Å². The quantitative estimate of drug-likeness (QED) is 0.231. The van der Waals surface area contributed by atoms with E-state index in [1.54, 1.807) is 6.92 Å². The van der Waals surface area contributed by atoms with Gasteiger partial charge in [0.15, 0.2) is 0 Å². The third-order valence-electron chi connectivity index (χ3n) is 6.04. The van der Waals surface area contributed by atoms with E-state index in [0.717, 1.165) is 29.8 Å². The van der Waals surface area contributed by atoms with Gasteiger partial charge in [0.2, 0.25) is 0 Å². The maximum absolute atomic E-state index is 12.9. The molecule has 1 aliphatic rings. The first-order valence-corrected chi connectivity index (χ1v) is 11.5. The van der Waals surface area contributed by atoms with Crippen LogP contribution in [-0.2, 0) is 28.4 Å². The minimum atomic E-state index is -4.45. The molecule has 3 nitrogen and oxygen atoms in total. The Morgan fingerprint density at radius 2 is 1.51 bits per heavy atom. The van der Waals surface area contributed by atoms with Crippen LogP contribution in [-0.4, -0.2) is 24.5 Å². The monoisotopic (exact) mass is 525 g/mol. The SMILES string of the molecule is C#CC(=C)C.COC(=O)CC1CCN(Cc2ccc(C(F)(F)F)cc2)C(c2ccc(C(F)(F)F)cc2)C1. The fourth-order valence-corrected chi connectivity index (χ4v) is 4.06. The molecule has 0 radical (unpaired) electrons. The highest BCUT2D eigenvalue weighted by Crippen LogP contribution is 2.38. The third kappa shape index (κ3) is 9.29. The molecule has 2 unspecified atom stereocenters. The van der Waals surface area contributed by atoms with Crippen molar-refractivity contribution in [3.8, 4) is 12.3 Å². The molecule has 1 saturated heterocycles. The molecule has 9 heteroatoms. The normalized spacial score (nSPS) is 18.2. The number of allylic oxidation sites excluding steroid dienone is 1. The molecule has 1 heterocycles. The fourth-order valence-electron chi connectivity index (χ4n) is 4.06. The van der Waals surface area contributed by atoms with Crippen LogP contribution < -0.4 is 0 Å². The maximum atomic E-state index is 12.9. The van der Waals surface area contributed by atoms with Crippen LogP contribution in [0.4, 0.5) is 26.3 Å². The van der Waals surface area contributed by atoms with Gasteiger partial charge in [0.25, 0.3) is 0 Å². The van der Waals surface area contributed by atoms with Gasteiger partial charge < -0.3 is 4.74 Å². The van der Waals surface area contributed by atoms with Gasteiger partial charge in [0, 0.05) is 19.0 Å². The number of likely N-dealkylation sites (tertiary alicyclic amines) is 1. The second-order valence-electron chi connectivity index (χ2n) is 8.90. The molecule has 0 spiro atoms. The Hall–Kier alpha value is -3.25. The van der Waals surface area contributed by atoms with Crippen molar-refractivity contribution in [2.45, 2.75) is 51.1 Å². The van der Waals surface area contributed by atoms with Crippen LogP contribution in [0.15, 0.2) is 60.7 Å². The summed E-state index contributed by atoms with van der Waals surface area (Å²) in [5.41, 5.74) is 0.626. The van der Waals surface area contributed by atoms with Crippen molar-refractivity contribution in [2.24, 2.45) is 5.92 Å². The number of nitrogens with zero attached hydrogens (tertiary/aromatic N) is 1. The highest BCUT2D eigenvalue weighted by atomic mass is 19.4. The molecule has 2 aromatic carbocycles. The summed E-state index contributed by atoms with van der Waals surface area (Å²) in [6.07, 6.45) is -2.63. The standard InChI is InChI=1S/C23H23F6NO2.C5H6/c1-32-21(31)13-16-10-11-30(14-15-2-6-18(7-3-15)22(24,25)26)20(12-16)17-4-8-19(9-5-17)23(27,28)29;1-4-5(2)3/h2-9,16,20H,10-14H2,1H3;1H,2H2,3H3. The van der Waals surface area contributed by atoms with Gasteiger partial charge in [-0.3, -0.25) is 9.69 Å². The predicted octanol–water partition coefficient (Wildman–Crippen LogP) is 7.44. The summed E-state index contributed by atoms with van der Waals surface area (Å²) in [4.78, 5) is 13.7. The van der Waals surface area contributed by atoms with Gasteiger partial charge in [-0.15, -0.1) is 6.42 Å². The van der Waals surface area contributed by atoms with Gasteiger partial charge in [0.1, 0.15) is 0 Å². The Morgan fingerprint density at radius 1 is 1.03 bits per heavy atom. The van der Waals surface area contributed by atoms with Gasteiger partial charge in [0.05, 0.1) is 18.2 Å². The Labute approximate surface area is 213 Å². The second-order valence-corrected chi connectivity index (χ2v) is 8.90. The molecule has 0 N–H and O–H groups in total. The van der Waals surface area contributed by atoms with Crippen LogP contribution in [0.2, 0.25) is 0 Å². The molecular formula is C28H29F6NO2. The number of rotatable bonds is 5. The van der Waals surface area contributed by atoms with Crippen molar-refractivity contribution >= 4 is 5.97 Å². The number of alkyl halides is 6. The van der Waals surface area contributed by atoms with Crippen molar-refractivity contribution in [3.05, 3.63) is 82.9 Å². The smallest absolute Gasteiger partial charge is 0.416 e. The molecule has 0 amide bonds. The zero-order valence-electron chi connectivity index (χ0n) is 20.6. The largest absolute Gasteiger partial charge is 0.469 e. The van der Waals surface area contributed by atoms with Crippen molar-refractivity contribution in [2.75, 3.05) is 13.7 Å². The first-order chi connectivity index (χ1) is 17.2. The lowest BCUT2D eigenvalue weighted by Gasteiger charge is -2.40. The molecule has 3 rings (SSSR count). The summed E-state index contributed by atoms with van der Waals surface area (Å²) in [5.74, 6) is 1.98. The molecule has 37 heavy (non-hydrogen) atoms. The number of piperidine rings is 1. The molecule has 0 aliphatic carbocycles. The molecular weight excluding hydrogens is 496 g/mol. The first-order valence-electron chi connectivity index (χ1n) is 11.5. The Bertz CT molecular complexity index is 1080. The fraction of sp³-hybridized carbons (Fsp3) is 0.393. The Kier molecular flexibility index (Phi) is 10.4. The number of hydrogen-bond acceptors (Lipinski definition) is 3. The highest BCUT2D eigenvalue weighted by molar-refractivity contribution is 5.69. The van der Waals surface area contributed by atoms with Crippen LogP contribution >= 0.6 is 0 Å². The first kappa shape index (κ1) is 30.0. The number of ether oxygens (including phenoxy) is 1. The van der Waals surface area contributed by atoms with E-state index in [4.69, 9.17) is 11.2 Å². The molecule has 1 fully saturated rings. The van der Waals surface area contributed by atoms with Crippen molar-refractivity contribution in [3.63, 3.8) is 0 Å². The highest BCUT2D eigenvalue weighted by Gasteiger charge is 2.34. The number of methoxy groups -OCH3 is 1. The third-order valence-corrected chi connectivity index (χ3v) is 6.04. The lowest BCUT2D eigenvalue weighted by molar-refractivity contribution is -0.142. The number of carbonyl (C=O) groups is 1. The summed E-state index contributed by atoms with van der Waals surface area (Å²) in [6.45, 7) is 6.12. The summed E-state index contributed by atoms with van der Waals surface area (Å²) >= 11 is 0. The van der Waals surface area contributed by atoms with E-state index in [2.05, 4.69) is 12.5 Å². The molecule has 0 aromatic heterocycles. The number of carbonyl (C=O) groups excluding carboxylic acids is 1. The minimum absolute atomic E-state index is 0.00130. The van der Waals surface area contributed by atoms with E-state index in [9.17, 15) is 31.1 Å². The van der Waals surface area contributed by atoms with Crippen LogP contribution in [0, 0.1) is 18.3 Å². The van der Waals surface area contributed by atoms with Crippen molar-refractivity contribution in [1.29, 1.82) is 0 Å². The molecule has 2 atom stereocenters. The van der Waals surface area contributed by atoms with E-state index in [1.807, 2.05) is 4.90 Å². The zero-order chi connectivity index (χ0) is 27.8. The van der Waals surface area contributed by atoms with Gasteiger partial charge in [-0.2, -0.15) is 26.3 Å². The molecule has 1 aliphatic heterocycles. The number of esters is 1. The van der Waals surface area contributed by atoms with Crippen molar-refractivity contribution in [1.82, 2.24) is 4.90 Å². The lowest BCUT2D eigenvalue weighted by Crippen LogP contribution is -2.37. The number of halogens is 6. The minimum Gasteiger partial charge on any atom is -0.469 e. The Morgan fingerprint density at radius 3 is 1.95 bits per heavy atom. The molecule has 0 saturated carbocycles. The average Bonchev–Trinajstić information content (AvgIpc) is 2.84. The van der Waals surface area contributed by atoms with Crippen LogP contribution in [0.5, 0.6) is 0 Å². The average molecular weight is 526 g/mol. The van der Waals surface area contributed by atoms with Gasteiger partial charge >= 0.3 is 18.3 Å². The van der Waals surface area contributed by atoms with Gasteiger partial charge in [-0.1, -0.05) is 36.8 Å². The summed E-state index contributed by atoms with van der Waals surface area (Å²) in [7, 11) is 1.30. The Balaban J connectivity index is 0.000000877. The summed E-state index contributed by atoms with van der Waals surface area (Å²) in [6, 6.07) is 9.48. The van der Waals surface area contributed by atoms with E-state index in [1.165, 1.54) is 31.4 Å². The predicted molar refractivity (Wildman–Crippen MR) is 129 cm³/mol. The van der Waals surface area contributed by atoms with Crippen molar-refractivity contribution < 1.29 is 35.9 Å².